The van der Waals surface area contributed by atoms with Crippen molar-refractivity contribution in [2.24, 2.45) is 0 Å². The summed E-state index contributed by atoms with van der Waals surface area (Å²) in [4.78, 5) is 12.1. The third-order valence-electron chi connectivity index (χ3n) is 3.39. The summed E-state index contributed by atoms with van der Waals surface area (Å²) in [5.41, 5.74) is 6.26. The second-order valence-corrected chi connectivity index (χ2v) is 4.64. The molecule has 0 radical (unpaired) electrons. The van der Waals surface area contributed by atoms with Gasteiger partial charge >= 0.3 is 0 Å². The lowest BCUT2D eigenvalue weighted by Gasteiger charge is -2.16. The van der Waals surface area contributed by atoms with Gasteiger partial charge in [-0.1, -0.05) is 0 Å². The van der Waals surface area contributed by atoms with E-state index in [1.54, 1.807) is 0 Å². The second kappa shape index (κ2) is 5.07. The van der Waals surface area contributed by atoms with Gasteiger partial charge < -0.3 is 30.5 Å². The molecule has 0 spiro atoms. The highest BCUT2D eigenvalue weighted by Crippen LogP contribution is 2.32. The number of rotatable bonds is 3. The molecule has 2 aromatic heterocycles. The van der Waals surface area contributed by atoms with Crippen LogP contribution in [0.25, 0.3) is 11.2 Å². The third-order valence-corrected chi connectivity index (χ3v) is 3.39. The first-order chi connectivity index (χ1) is 10.1. The molecular formula is C11H15N5O5. The van der Waals surface area contributed by atoms with Gasteiger partial charge in [-0.2, -0.15) is 9.97 Å². The number of ether oxygens (including phenoxy) is 2. The topological polar surface area (TPSA) is 149 Å². The van der Waals surface area contributed by atoms with Crippen LogP contribution in [-0.2, 0) is 4.74 Å². The molecule has 2 aromatic rings. The molecule has 10 nitrogen and oxygen atoms in total. The Balaban J connectivity index is 2.07. The second-order valence-electron chi connectivity index (χ2n) is 4.64. The van der Waals surface area contributed by atoms with Gasteiger partial charge in [0.1, 0.15) is 18.3 Å². The highest BCUT2D eigenvalue weighted by atomic mass is 16.6. The fourth-order valence-electron chi connectivity index (χ4n) is 2.35. The number of nitrogen functional groups attached to an aromatic ring is 1. The molecule has 0 unspecified atom stereocenters. The highest BCUT2D eigenvalue weighted by molar-refractivity contribution is 5.77. The fourth-order valence-corrected chi connectivity index (χ4v) is 2.35. The predicted molar refractivity (Wildman–Crippen MR) is 69.3 cm³/mol. The first-order valence-electron chi connectivity index (χ1n) is 6.23. The van der Waals surface area contributed by atoms with Gasteiger partial charge in [-0.15, -0.1) is 0 Å². The third kappa shape index (κ3) is 2.08. The zero-order valence-electron chi connectivity index (χ0n) is 11.1. The van der Waals surface area contributed by atoms with Gasteiger partial charge in [0, 0.05) is 0 Å². The standard InChI is InChI=1S/C11H15N5O5/c1-20-9-5-8(14-11(12)15-9)16(3-13-5)10-7(19)6(18)4(2-17)21-10/h3-4,6-7,10,17-19H,2H2,1H3,(H2,12,14,15)/t4-,6+,7-,10-/m1/s1. The molecule has 4 atom stereocenters. The van der Waals surface area contributed by atoms with Crippen LogP contribution in [0.15, 0.2) is 6.33 Å². The van der Waals surface area contributed by atoms with Gasteiger partial charge in [-0.3, -0.25) is 4.57 Å². The maximum absolute atomic E-state index is 10.0. The SMILES string of the molecule is COc1nc(N)nc2c1ncn2[C@@H]1O[C@H](CO)[C@H](O)[C@H]1O. The maximum atomic E-state index is 10.0. The molecule has 1 saturated heterocycles. The van der Waals surface area contributed by atoms with Crippen molar-refractivity contribution >= 4 is 17.1 Å². The van der Waals surface area contributed by atoms with E-state index >= 15 is 0 Å². The van der Waals surface area contributed by atoms with Crippen LogP contribution in [0, 0.1) is 0 Å². The summed E-state index contributed by atoms with van der Waals surface area (Å²) in [6, 6.07) is 0. The van der Waals surface area contributed by atoms with Crippen LogP contribution in [0.2, 0.25) is 0 Å². The van der Waals surface area contributed by atoms with E-state index in [0.717, 1.165) is 0 Å². The molecule has 0 amide bonds. The fraction of sp³-hybridized carbons (Fsp3) is 0.545. The number of aromatic nitrogens is 4. The first-order valence-corrected chi connectivity index (χ1v) is 6.23. The van der Waals surface area contributed by atoms with E-state index in [1.807, 2.05) is 0 Å². The Morgan fingerprint density at radius 2 is 2.14 bits per heavy atom. The van der Waals surface area contributed by atoms with Gasteiger partial charge in [0.2, 0.25) is 11.8 Å². The van der Waals surface area contributed by atoms with Crippen LogP contribution >= 0.6 is 0 Å². The van der Waals surface area contributed by atoms with E-state index in [9.17, 15) is 10.2 Å². The van der Waals surface area contributed by atoms with Crippen molar-refractivity contribution in [3.8, 4) is 5.88 Å². The van der Waals surface area contributed by atoms with Crippen LogP contribution in [0.5, 0.6) is 5.88 Å². The smallest absolute Gasteiger partial charge is 0.246 e. The van der Waals surface area contributed by atoms with Gasteiger partial charge in [-0.05, 0) is 0 Å². The molecule has 0 aliphatic carbocycles. The predicted octanol–water partition coefficient (Wildman–Crippen LogP) is -1.97. The number of hydrogen-bond donors (Lipinski definition) is 4. The largest absolute Gasteiger partial charge is 0.479 e. The Bertz CT molecular complexity index is 662. The van der Waals surface area contributed by atoms with Crippen molar-refractivity contribution in [3.63, 3.8) is 0 Å². The molecule has 114 valence electrons. The normalized spacial score (nSPS) is 29.1. The lowest BCUT2D eigenvalue weighted by atomic mass is 10.1. The molecule has 3 heterocycles. The highest BCUT2D eigenvalue weighted by Gasteiger charge is 2.44. The van der Waals surface area contributed by atoms with E-state index in [1.165, 1.54) is 18.0 Å². The van der Waals surface area contributed by atoms with Crippen LogP contribution in [0.4, 0.5) is 5.95 Å². The molecule has 0 bridgehead atoms. The average Bonchev–Trinajstić information content (AvgIpc) is 3.01. The lowest BCUT2D eigenvalue weighted by Crippen LogP contribution is -2.33. The molecule has 10 heteroatoms. The zero-order chi connectivity index (χ0) is 15.1. The van der Waals surface area contributed by atoms with Crippen molar-refractivity contribution in [3.05, 3.63) is 6.33 Å². The van der Waals surface area contributed by atoms with E-state index < -0.39 is 31.1 Å². The van der Waals surface area contributed by atoms with Crippen molar-refractivity contribution in [1.29, 1.82) is 0 Å². The van der Waals surface area contributed by atoms with Crippen molar-refractivity contribution in [2.45, 2.75) is 24.5 Å². The van der Waals surface area contributed by atoms with Crippen molar-refractivity contribution in [2.75, 3.05) is 19.5 Å². The number of imidazole rings is 1. The summed E-state index contributed by atoms with van der Waals surface area (Å²) in [5, 5.41) is 29.0. The van der Waals surface area contributed by atoms with Crippen LogP contribution in [-0.4, -0.2) is 66.9 Å². The summed E-state index contributed by atoms with van der Waals surface area (Å²) in [6.07, 6.45) is -2.90. The van der Waals surface area contributed by atoms with Gasteiger partial charge in [0.15, 0.2) is 17.4 Å². The Labute approximate surface area is 118 Å². The Kier molecular flexibility index (Phi) is 3.37. The van der Waals surface area contributed by atoms with E-state index in [4.69, 9.17) is 20.3 Å². The molecule has 1 fully saturated rings. The van der Waals surface area contributed by atoms with Crippen molar-refractivity contribution in [1.82, 2.24) is 19.5 Å². The summed E-state index contributed by atoms with van der Waals surface area (Å²) >= 11 is 0. The number of fused-ring (bicyclic) bond motifs is 1. The summed E-state index contributed by atoms with van der Waals surface area (Å²) in [7, 11) is 1.42. The minimum absolute atomic E-state index is 0.0205. The van der Waals surface area contributed by atoms with E-state index in [-0.39, 0.29) is 11.8 Å². The van der Waals surface area contributed by atoms with E-state index in [2.05, 4.69) is 15.0 Å². The molecule has 1 aliphatic heterocycles. The minimum Gasteiger partial charge on any atom is -0.479 e. The number of nitrogens with two attached hydrogens (primary N) is 1. The molecule has 5 N–H and O–H groups in total. The maximum Gasteiger partial charge on any atom is 0.246 e. The van der Waals surface area contributed by atoms with Crippen molar-refractivity contribution < 1.29 is 24.8 Å². The zero-order valence-corrected chi connectivity index (χ0v) is 11.1. The Hall–Kier alpha value is -2.01. The van der Waals surface area contributed by atoms with Gasteiger partial charge in [0.05, 0.1) is 20.0 Å². The number of anilines is 1. The molecule has 21 heavy (non-hydrogen) atoms. The van der Waals surface area contributed by atoms with E-state index in [0.29, 0.717) is 11.2 Å². The lowest BCUT2D eigenvalue weighted by molar-refractivity contribution is -0.0511. The number of nitrogens with zero attached hydrogens (tertiary/aromatic N) is 4. The molecular weight excluding hydrogens is 282 g/mol. The van der Waals surface area contributed by atoms with Gasteiger partial charge in [-0.25, -0.2) is 4.98 Å². The van der Waals surface area contributed by atoms with Crippen LogP contribution in [0.3, 0.4) is 0 Å². The van der Waals surface area contributed by atoms with Crippen LogP contribution < -0.4 is 10.5 Å². The van der Waals surface area contributed by atoms with Crippen LogP contribution in [0.1, 0.15) is 6.23 Å². The summed E-state index contributed by atoms with van der Waals surface area (Å²) in [5.74, 6) is 0.177. The molecule has 1 aliphatic rings. The number of hydrogen-bond acceptors (Lipinski definition) is 9. The minimum atomic E-state index is -1.23. The van der Waals surface area contributed by atoms with Gasteiger partial charge in [0.25, 0.3) is 0 Å². The monoisotopic (exact) mass is 297 g/mol. The Morgan fingerprint density at radius 1 is 1.38 bits per heavy atom. The molecule has 3 rings (SSSR count). The molecule has 0 aromatic carbocycles. The first kappa shape index (κ1) is 13.9. The Morgan fingerprint density at radius 3 is 2.76 bits per heavy atom. The summed E-state index contributed by atoms with van der Waals surface area (Å²) in [6.45, 7) is -0.415. The number of aliphatic hydroxyl groups excluding tert-OH is 3. The number of aliphatic hydroxyl groups is 3. The quantitative estimate of drug-likeness (QED) is 0.506. The number of methoxy groups -OCH3 is 1. The molecule has 0 saturated carbocycles. The average molecular weight is 297 g/mol. The summed E-state index contributed by atoms with van der Waals surface area (Å²) < 4.78 is 11.9.